The highest BCUT2D eigenvalue weighted by atomic mass is 19.1. The van der Waals surface area contributed by atoms with E-state index in [0.717, 1.165) is 12.1 Å². The molecule has 370 valence electrons. The molecule has 0 aliphatic rings. The lowest BCUT2D eigenvalue weighted by Gasteiger charge is -2.35. The molecule has 12 aromatic rings. The molecule has 0 aliphatic carbocycles. The number of hydrogen-bond acceptors (Lipinski definition) is 2. The van der Waals surface area contributed by atoms with Gasteiger partial charge in [-0.3, -0.25) is 0 Å². The molecule has 0 saturated carbocycles. The van der Waals surface area contributed by atoms with Crippen LogP contribution in [0, 0.1) is 11.6 Å². The third-order valence-electron chi connectivity index (χ3n) is 13.7. The summed E-state index contributed by atoms with van der Waals surface area (Å²) in [5.41, 5.74) is -2.34. The van der Waals surface area contributed by atoms with Gasteiger partial charge in [-0.2, -0.15) is 0 Å². The monoisotopic (exact) mass is 1010 g/mol. The molecule has 0 fully saturated rings. The Bertz CT molecular complexity index is 4890. The van der Waals surface area contributed by atoms with E-state index < -0.39 is 166 Å². The average Bonchev–Trinajstić information content (AvgIpc) is 0.715. The molecule has 0 atom stereocenters. The van der Waals surface area contributed by atoms with Crippen LogP contribution in [0.1, 0.15) is 80.1 Å². The number of anilines is 6. The van der Waals surface area contributed by atoms with Gasteiger partial charge in [-0.15, -0.1) is 0 Å². The average molecular weight is 1010 g/mol. The maximum atomic E-state index is 18.8. The molecule has 0 heterocycles. The number of nitrogens with zero attached hydrogens (tertiary/aromatic N) is 2. The highest BCUT2D eigenvalue weighted by Crippen LogP contribution is 2.54. The maximum absolute atomic E-state index is 18.8. The van der Waals surface area contributed by atoms with Crippen LogP contribution in [0.3, 0.4) is 0 Å². The van der Waals surface area contributed by atoms with E-state index in [1.807, 2.05) is 77.9 Å². The van der Waals surface area contributed by atoms with Crippen LogP contribution < -0.4 is 9.80 Å². The SMILES string of the molecule is [2H]c1c([2H])c([2H])c(-c2cc(F)c(N(c3ccccc3C(C)(C)C)c3ccc4ccc5c(N(c6ccccc6C(C)(C)C)c6c(F)cc(-c7c([2H])c([2H])c([2H])c([2H])c7[2H])cc6-c6c([2H])c([2H])c([2H])c([2H])c6[2H])ccc6ccc3c4c65)c(-c3c([2H])c([2H])c([2H])c([2H])c3[2H])c2)c([2H])c1[2H]. The lowest BCUT2D eigenvalue weighted by Crippen LogP contribution is -2.21. The summed E-state index contributed by atoms with van der Waals surface area (Å²) in [5.74, 6) is -2.17. The van der Waals surface area contributed by atoms with Crippen molar-refractivity contribution in [3.8, 4) is 44.5 Å². The molecule has 12 aromatic carbocycles. The molecule has 4 heteroatoms. The zero-order valence-corrected chi connectivity index (χ0v) is 42.2. The van der Waals surface area contributed by atoms with E-state index in [-0.39, 0.29) is 45.0 Å². The zero-order valence-electron chi connectivity index (χ0n) is 62.2. The second kappa shape index (κ2) is 19.1. The first kappa shape index (κ1) is 30.5. The van der Waals surface area contributed by atoms with Gasteiger partial charge in [0.1, 0.15) is 11.6 Å². The molecule has 2 nitrogen and oxygen atoms in total. The Morgan fingerprint density at radius 2 is 0.671 bits per heavy atom. The number of benzene rings is 12. The minimum atomic E-state index is -1.08. The summed E-state index contributed by atoms with van der Waals surface area (Å²) in [6, 6.07) is 18.9. The van der Waals surface area contributed by atoms with Crippen molar-refractivity contribution in [1.29, 1.82) is 0 Å². The van der Waals surface area contributed by atoms with E-state index in [0.29, 0.717) is 54.8 Å². The molecule has 12 rings (SSSR count). The summed E-state index contributed by atoms with van der Waals surface area (Å²) in [6.45, 7) is 11.7. The molecular weight excluding hydrogens is 931 g/mol. The van der Waals surface area contributed by atoms with Crippen molar-refractivity contribution in [2.45, 2.75) is 52.4 Å². The van der Waals surface area contributed by atoms with E-state index in [2.05, 4.69) is 0 Å². The summed E-state index contributed by atoms with van der Waals surface area (Å²) in [7, 11) is 0. The topological polar surface area (TPSA) is 6.48 Å². The molecule has 0 bridgehead atoms. The quantitative estimate of drug-likeness (QED) is 0.126. The Labute approximate surface area is 473 Å². The van der Waals surface area contributed by atoms with Crippen LogP contribution in [0.15, 0.2) is 242 Å². The van der Waals surface area contributed by atoms with Gasteiger partial charge in [0.2, 0.25) is 0 Å². The number of halogens is 2. The van der Waals surface area contributed by atoms with Crippen LogP contribution in [-0.4, -0.2) is 0 Å². The first-order chi connectivity index (χ1) is 45.1. The fourth-order valence-electron chi connectivity index (χ4n) is 10.4. The van der Waals surface area contributed by atoms with Gasteiger partial charge >= 0.3 is 0 Å². The summed E-state index contributed by atoms with van der Waals surface area (Å²) in [6.07, 6.45) is 0. The minimum Gasteiger partial charge on any atom is -0.306 e. The van der Waals surface area contributed by atoms with E-state index in [4.69, 9.17) is 21.9 Å². The molecule has 0 spiro atoms. The third-order valence-corrected chi connectivity index (χ3v) is 13.7. The fourth-order valence-corrected chi connectivity index (χ4v) is 10.4. The van der Waals surface area contributed by atoms with Crippen molar-refractivity contribution in [3.63, 3.8) is 0 Å². The molecule has 0 aliphatic heterocycles. The van der Waals surface area contributed by atoms with Crippen LogP contribution in [0.25, 0.3) is 76.8 Å². The first-order valence-electron chi connectivity index (χ1n) is 34.6. The van der Waals surface area contributed by atoms with Gasteiger partial charge in [-0.25, -0.2) is 8.78 Å². The van der Waals surface area contributed by atoms with E-state index in [1.54, 1.807) is 70.5 Å². The van der Waals surface area contributed by atoms with E-state index in [9.17, 15) is 5.48 Å². The smallest absolute Gasteiger partial charge is 0.148 e. The normalized spacial score (nSPS) is 15.6. The number of hydrogen-bond donors (Lipinski definition) is 0. The molecule has 0 unspecified atom stereocenters. The summed E-state index contributed by atoms with van der Waals surface area (Å²) in [4.78, 5) is 3.18. The zero-order chi connectivity index (χ0) is 69.7. The summed E-state index contributed by atoms with van der Waals surface area (Å²) < 4.78 is 215. The molecular formula is C72H58F2N2. The van der Waals surface area contributed by atoms with Crippen molar-refractivity contribution in [2.75, 3.05) is 9.80 Å². The van der Waals surface area contributed by atoms with Gasteiger partial charge in [0.05, 0.1) is 61.5 Å². The first-order valence-corrected chi connectivity index (χ1v) is 24.6. The Morgan fingerprint density at radius 3 is 1.03 bits per heavy atom. The van der Waals surface area contributed by atoms with Crippen molar-refractivity contribution < 1.29 is 36.2 Å². The predicted molar refractivity (Wildman–Crippen MR) is 319 cm³/mol. The van der Waals surface area contributed by atoms with E-state index in [1.165, 1.54) is 12.1 Å². The van der Waals surface area contributed by atoms with Gasteiger partial charge in [0.15, 0.2) is 0 Å². The molecule has 0 radical (unpaired) electrons. The number of rotatable bonds is 10. The van der Waals surface area contributed by atoms with Crippen molar-refractivity contribution in [3.05, 3.63) is 265 Å². The van der Waals surface area contributed by atoms with Gasteiger partial charge in [-0.05, 0) is 125 Å². The van der Waals surface area contributed by atoms with Crippen LogP contribution in [0.4, 0.5) is 42.9 Å². The lowest BCUT2D eigenvalue weighted by atomic mass is 9.84. The molecule has 0 aromatic heterocycles. The number of para-hydroxylation sites is 2. The summed E-state index contributed by atoms with van der Waals surface area (Å²) in [5, 5.41) is 3.34. The van der Waals surface area contributed by atoms with Gasteiger partial charge in [-0.1, -0.05) is 235 Å². The molecule has 0 N–H and O–H groups in total. The third kappa shape index (κ3) is 8.54. The minimum absolute atomic E-state index is 0.255. The van der Waals surface area contributed by atoms with Crippen molar-refractivity contribution in [2.24, 2.45) is 0 Å². The van der Waals surface area contributed by atoms with Crippen LogP contribution in [0.5, 0.6) is 0 Å². The standard InChI is InChI=1S/C72H58F2N2/c1-71(2,3)59-31-19-21-33-65(59)75(69-57(49-27-15-9-16-28-49)43-53(45-61(69)73)47-23-11-7-12-24-47)63-41-37-51-36-40-56-64(42-38-52-35-39-55(63)67(51)68(52)56)76(66-34-22-20-32-60(66)72(4,5)6)70-58(50-29-17-10-18-30-50)44-54(46-62(70)74)48-25-13-8-14-26-48/h7-46H,1-6H3/i7D,8D,9D,10D,11D,12D,13D,14D,15D,16D,17D,18D,23D,24D,25D,26D,27D,28D,29D,30D. The van der Waals surface area contributed by atoms with Crippen molar-refractivity contribution >= 4 is 66.4 Å². The van der Waals surface area contributed by atoms with Crippen LogP contribution in [0.2, 0.25) is 0 Å². The van der Waals surface area contributed by atoms with Crippen LogP contribution in [-0.2, 0) is 10.8 Å². The van der Waals surface area contributed by atoms with Gasteiger partial charge in [0.25, 0.3) is 0 Å². The molecule has 76 heavy (non-hydrogen) atoms. The Balaban J connectivity index is 1.23. The highest BCUT2D eigenvalue weighted by molar-refractivity contribution is 6.28. The van der Waals surface area contributed by atoms with Crippen LogP contribution >= 0.6 is 0 Å². The van der Waals surface area contributed by atoms with E-state index >= 15 is 8.78 Å². The lowest BCUT2D eigenvalue weighted by molar-refractivity contribution is 0.590. The largest absolute Gasteiger partial charge is 0.306 e. The predicted octanol–water partition coefficient (Wildman–Crippen LogP) is 21.1. The van der Waals surface area contributed by atoms with Gasteiger partial charge in [0, 0.05) is 21.9 Å². The second-order valence-electron chi connectivity index (χ2n) is 20.5. The Kier molecular flexibility index (Phi) is 7.67. The molecule has 0 amide bonds. The highest BCUT2D eigenvalue weighted by Gasteiger charge is 2.32. The Morgan fingerprint density at radius 1 is 0.342 bits per heavy atom. The van der Waals surface area contributed by atoms with Gasteiger partial charge < -0.3 is 9.80 Å². The maximum Gasteiger partial charge on any atom is 0.148 e. The van der Waals surface area contributed by atoms with Crippen molar-refractivity contribution in [1.82, 2.24) is 0 Å². The Hall–Kier alpha value is -8.86. The molecule has 0 saturated heterocycles. The fraction of sp³-hybridized carbons (Fsp3) is 0.111. The second-order valence-corrected chi connectivity index (χ2v) is 20.5. The summed E-state index contributed by atoms with van der Waals surface area (Å²) >= 11 is 0.